The summed E-state index contributed by atoms with van der Waals surface area (Å²) in [6, 6.07) is -0.236. The Kier molecular flexibility index (Phi) is 1.99. The van der Waals surface area contributed by atoms with Crippen LogP contribution >= 0.6 is 0 Å². The van der Waals surface area contributed by atoms with E-state index in [0.29, 0.717) is 18.7 Å². The van der Waals surface area contributed by atoms with Gasteiger partial charge in [-0.15, -0.1) is 10.2 Å². The highest BCUT2D eigenvalue weighted by molar-refractivity contribution is 5.03. The van der Waals surface area contributed by atoms with Crippen LogP contribution in [-0.4, -0.2) is 20.8 Å². The quantitative estimate of drug-likeness (QED) is 0.675. The summed E-state index contributed by atoms with van der Waals surface area (Å²) in [7, 11) is 0. The minimum Gasteiger partial charge on any atom is -0.326 e. The van der Waals surface area contributed by atoms with E-state index in [-0.39, 0.29) is 12.6 Å². The Morgan fingerprint density at radius 3 is 2.71 bits per heavy atom. The molecule has 0 bridgehead atoms. The third-order valence-corrected chi connectivity index (χ3v) is 2.24. The average molecular weight is 206 g/mol. The van der Waals surface area contributed by atoms with Gasteiger partial charge in [0.25, 0.3) is 0 Å². The van der Waals surface area contributed by atoms with Gasteiger partial charge in [-0.05, 0) is 6.42 Å². The molecule has 0 aromatic carbocycles. The Labute approximate surface area is 77.9 Å². The van der Waals surface area contributed by atoms with E-state index in [2.05, 4.69) is 10.2 Å². The molecule has 0 aliphatic carbocycles. The van der Waals surface area contributed by atoms with Crippen molar-refractivity contribution in [2.75, 3.05) is 0 Å². The van der Waals surface area contributed by atoms with Crippen LogP contribution in [0.4, 0.5) is 13.2 Å². The molecule has 0 saturated heterocycles. The second-order valence-electron chi connectivity index (χ2n) is 3.35. The Hall–Kier alpha value is -1.11. The van der Waals surface area contributed by atoms with Crippen molar-refractivity contribution in [2.24, 2.45) is 5.73 Å². The van der Waals surface area contributed by atoms with Crippen LogP contribution in [0.1, 0.15) is 18.1 Å². The van der Waals surface area contributed by atoms with Crippen LogP contribution in [0.15, 0.2) is 0 Å². The van der Waals surface area contributed by atoms with Gasteiger partial charge in [0, 0.05) is 19.0 Å². The number of hydrogen-bond donors (Lipinski definition) is 1. The van der Waals surface area contributed by atoms with Crippen molar-refractivity contribution in [3.63, 3.8) is 0 Å². The van der Waals surface area contributed by atoms with Crippen molar-refractivity contribution in [1.82, 2.24) is 14.8 Å². The summed E-state index contributed by atoms with van der Waals surface area (Å²) in [6.07, 6.45) is -3.32. The topological polar surface area (TPSA) is 56.7 Å². The fourth-order valence-corrected chi connectivity index (χ4v) is 1.56. The molecule has 78 valence electrons. The highest BCUT2D eigenvalue weighted by Gasteiger charge is 2.39. The van der Waals surface area contributed by atoms with Crippen molar-refractivity contribution in [1.29, 1.82) is 0 Å². The van der Waals surface area contributed by atoms with Crippen LogP contribution in [0.25, 0.3) is 0 Å². The molecule has 0 spiro atoms. The second-order valence-corrected chi connectivity index (χ2v) is 3.35. The lowest BCUT2D eigenvalue weighted by atomic mass is 10.1. The molecule has 0 saturated carbocycles. The van der Waals surface area contributed by atoms with Gasteiger partial charge in [0.1, 0.15) is 5.82 Å². The molecule has 1 aliphatic rings. The van der Waals surface area contributed by atoms with Gasteiger partial charge in [-0.3, -0.25) is 0 Å². The van der Waals surface area contributed by atoms with Crippen molar-refractivity contribution in [3.05, 3.63) is 11.6 Å². The van der Waals surface area contributed by atoms with Crippen LogP contribution in [0.3, 0.4) is 0 Å². The molecule has 0 amide bonds. The fraction of sp³-hybridized carbons (Fsp3) is 0.714. The average Bonchev–Trinajstić information content (AvgIpc) is 2.45. The number of alkyl halides is 3. The molecular formula is C7H9F3N4. The Balaban J connectivity index is 2.41. The maximum absolute atomic E-state index is 12.4. The van der Waals surface area contributed by atoms with E-state index in [1.165, 1.54) is 0 Å². The summed E-state index contributed by atoms with van der Waals surface area (Å²) in [5, 5.41) is 6.63. The number of nitrogens with two attached hydrogens (primary N) is 1. The largest absolute Gasteiger partial charge is 0.451 e. The molecule has 1 unspecified atom stereocenters. The Morgan fingerprint density at radius 2 is 2.07 bits per heavy atom. The SMILES string of the molecule is NC1CCc2nnc(C(F)(F)F)n2C1. The van der Waals surface area contributed by atoms with Gasteiger partial charge in [0.15, 0.2) is 0 Å². The monoisotopic (exact) mass is 206 g/mol. The molecule has 14 heavy (non-hydrogen) atoms. The molecule has 1 aliphatic heterocycles. The van der Waals surface area contributed by atoms with E-state index in [1.807, 2.05) is 0 Å². The van der Waals surface area contributed by atoms with E-state index in [9.17, 15) is 13.2 Å². The van der Waals surface area contributed by atoms with Crippen molar-refractivity contribution in [2.45, 2.75) is 31.6 Å². The molecule has 2 rings (SSSR count). The molecule has 7 heteroatoms. The third-order valence-electron chi connectivity index (χ3n) is 2.24. The number of fused-ring (bicyclic) bond motifs is 1. The van der Waals surface area contributed by atoms with Crippen LogP contribution < -0.4 is 5.73 Å². The lowest BCUT2D eigenvalue weighted by Gasteiger charge is -2.21. The first-order valence-corrected chi connectivity index (χ1v) is 4.23. The predicted molar refractivity (Wildman–Crippen MR) is 41.3 cm³/mol. The van der Waals surface area contributed by atoms with Gasteiger partial charge in [-0.25, -0.2) is 0 Å². The van der Waals surface area contributed by atoms with Crippen molar-refractivity contribution < 1.29 is 13.2 Å². The van der Waals surface area contributed by atoms with Gasteiger partial charge < -0.3 is 10.3 Å². The van der Waals surface area contributed by atoms with Gasteiger partial charge in [0.2, 0.25) is 5.82 Å². The van der Waals surface area contributed by atoms with E-state index < -0.39 is 12.0 Å². The summed E-state index contributed by atoms with van der Waals surface area (Å²) < 4.78 is 38.2. The Morgan fingerprint density at radius 1 is 1.36 bits per heavy atom. The molecule has 0 radical (unpaired) electrons. The number of aryl methyl sites for hydroxylation is 1. The van der Waals surface area contributed by atoms with Gasteiger partial charge in [0.05, 0.1) is 0 Å². The lowest BCUT2D eigenvalue weighted by molar-refractivity contribution is -0.147. The van der Waals surface area contributed by atoms with E-state index in [1.54, 1.807) is 0 Å². The van der Waals surface area contributed by atoms with Gasteiger partial charge >= 0.3 is 6.18 Å². The summed E-state index contributed by atoms with van der Waals surface area (Å²) in [5.41, 5.74) is 5.58. The van der Waals surface area contributed by atoms with Crippen LogP contribution in [0.5, 0.6) is 0 Å². The molecule has 1 atom stereocenters. The van der Waals surface area contributed by atoms with Crippen molar-refractivity contribution >= 4 is 0 Å². The molecule has 1 aromatic rings. The van der Waals surface area contributed by atoms with Crippen molar-refractivity contribution in [3.8, 4) is 0 Å². The van der Waals surface area contributed by atoms with Crippen LogP contribution in [0, 0.1) is 0 Å². The normalized spacial score (nSPS) is 22.1. The maximum atomic E-state index is 12.4. The van der Waals surface area contributed by atoms with E-state index in [4.69, 9.17) is 5.73 Å². The molecule has 2 heterocycles. The first kappa shape index (κ1) is 9.45. The number of halogens is 3. The zero-order valence-electron chi connectivity index (χ0n) is 7.25. The molecule has 2 N–H and O–H groups in total. The summed E-state index contributed by atoms with van der Waals surface area (Å²) in [4.78, 5) is 0. The first-order chi connectivity index (χ1) is 6.48. The standard InChI is InChI=1S/C7H9F3N4/c8-7(9,10)6-13-12-5-2-1-4(11)3-14(5)6/h4H,1-3,11H2. The molecule has 0 fully saturated rings. The number of rotatable bonds is 0. The predicted octanol–water partition coefficient (Wildman–Crippen LogP) is 0.570. The lowest BCUT2D eigenvalue weighted by Crippen LogP contribution is -2.34. The summed E-state index contributed by atoms with van der Waals surface area (Å²) in [6.45, 7) is 0.150. The molecular weight excluding hydrogens is 197 g/mol. The highest BCUT2D eigenvalue weighted by atomic mass is 19.4. The fourth-order valence-electron chi connectivity index (χ4n) is 1.56. The summed E-state index contributed by atoms with van der Waals surface area (Å²) in [5.74, 6) is -0.568. The van der Waals surface area contributed by atoms with Gasteiger partial charge in [-0.1, -0.05) is 0 Å². The Bertz CT molecular complexity index is 343. The highest BCUT2D eigenvalue weighted by Crippen LogP contribution is 2.29. The number of hydrogen-bond acceptors (Lipinski definition) is 3. The first-order valence-electron chi connectivity index (χ1n) is 4.23. The minimum absolute atomic E-state index is 0.150. The number of aromatic nitrogens is 3. The minimum atomic E-state index is -4.44. The number of nitrogens with zero attached hydrogens (tertiary/aromatic N) is 3. The van der Waals surface area contributed by atoms with E-state index in [0.717, 1.165) is 4.57 Å². The second kappa shape index (κ2) is 2.94. The molecule has 1 aromatic heterocycles. The smallest absolute Gasteiger partial charge is 0.326 e. The zero-order valence-corrected chi connectivity index (χ0v) is 7.25. The third kappa shape index (κ3) is 1.47. The summed E-state index contributed by atoms with van der Waals surface area (Å²) >= 11 is 0. The van der Waals surface area contributed by atoms with Crippen LogP contribution in [-0.2, 0) is 19.1 Å². The maximum Gasteiger partial charge on any atom is 0.451 e. The van der Waals surface area contributed by atoms with Gasteiger partial charge in [-0.2, -0.15) is 13.2 Å². The zero-order chi connectivity index (χ0) is 10.3. The molecule has 4 nitrogen and oxygen atoms in total. The van der Waals surface area contributed by atoms with E-state index >= 15 is 0 Å². The van der Waals surface area contributed by atoms with Crippen LogP contribution in [0.2, 0.25) is 0 Å².